The lowest BCUT2D eigenvalue weighted by atomic mass is 9.99. The predicted molar refractivity (Wildman–Crippen MR) is 102 cm³/mol. The fourth-order valence-corrected chi connectivity index (χ4v) is 5.59. The number of nitrogens with zero attached hydrogens (tertiary/aromatic N) is 1. The normalized spacial score (nSPS) is 18.6. The molecule has 0 bridgehead atoms. The minimum atomic E-state index is -3.44. The summed E-state index contributed by atoms with van der Waals surface area (Å²) in [4.78, 5) is 25.2. The van der Waals surface area contributed by atoms with Crippen molar-refractivity contribution in [3.63, 3.8) is 0 Å². The van der Waals surface area contributed by atoms with Crippen molar-refractivity contribution in [1.29, 1.82) is 0 Å². The maximum Gasteiger partial charge on any atom is 0.328 e. The lowest BCUT2D eigenvalue weighted by Gasteiger charge is -2.31. The molecule has 0 saturated carbocycles. The smallest absolute Gasteiger partial charge is 0.328 e. The van der Waals surface area contributed by atoms with Crippen molar-refractivity contribution in [1.82, 2.24) is 9.62 Å². The van der Waals surface area contributed by atoms with E-state index in [2.05, 4.69) is 5.32 Å². The van der Waals surface area contributed by atoms with Crippen LogP contribution >= 0.6 is 11.3 Å². The molecular formula is C17H28N3O5S2+. The highest BCUT2D eigenvalue weighted by Crippen LogP contribution is 2.20. The van der Waals surface area contributed by atoms with Crippen molar-refractivity contribution in [2.24, 2.45) is 5.92 Å². The fraction of sp³-hybridized carbons (Fsp3) is 0.647. The SMILES string of the molecule is CC[C@@H](C)[C@H](NC(=O)C[NH+]1CCN(S(=O)(=O)c2cccs2)CC1)C(=O)OC. The van der Waals surface area contributed by atoms with E-state index in [-0.39, 0.29) is 18.4 Å². The van der Waals surface area contributed by atoms with Crippen LogP contribution in [-0.2, 0) is 24.3 Å². The van der Waals surface area contributed by atoms with Crippen LogP contribution in [0.2, 0.25) is 0 Å². The number of hydrogen-bond donors (Lipinski definition) is 2. The van der Waals surface area contributed by atoms with Gasteiger partial charge in [-0.1, -0.05) is 26.3 Å². The number of quaternary nitrogens is 1. The van der Waals surface area contributed by atoms with E-state index in [4.69, 9.17) is 4.74 Å². The highest BCUT2D eigenvalue weighted by atomic mass is 32.2. The van der Waals surface area contributed by atoms with E-state index in [0.717, 1.165) is 11.3 Å². The van der Waals surface area contributed by atoms with Gasteiger partial charge in [-0.25, -0.2) is 13.2 Å². The topological polar surface area (TPSA) is 97.2 Å². The van der Waals surface area contributed by atoms with E-state index in [9.17, 15) is 18.0 Å². The van der Waals surface area contributed by atoms with Crippen molar-refractivity contribution in [3.05, 3.63) is 17.5 Å². The molecule has 0 aromatic carbocycles. The summed E-state index contributed by atoms with van der Waals surface area (Å²) in [5.41, 5.74) is 0. The minimum absolute atomic E-state index is 0.0239. The first-order valence-electron chi connectivity index (χ1n) is 9.04. The summed E-state index contributed by atoms with van der Waals surface area (Å²) < 4.78 is 31.7. The Bertz CT molecular complexity index is 728. The summed E-state index contributed by atoms with van der Waals surface area (Å²) in [6, 6.07) is 2.67. The molecule has 1 aromatic heterocycles. The molecule has 0 unspecified atom stereocenters. The number of piperazine rings is 1. The van der Waals surface area contributed by atoms with Crippen molar-refractivity contribution in [3.8, 4) is 0 Å². The maximum absolute atomic E-state index is 12.5. The Labute approximate surface area is 164 Å². The molecule has 1 amide bonds. The third-order valence-corrected chi connectivity index (χ3v) is 8.19. The molecule has 1 fully saturated rings. The number of carbonyl (C=O) groups is 2. The second-order valence-electron chi connectivity index (χ2n) is 6.72. The summed E-state index contributed by atoms with van der Waals surface area (Å²) in [6.45, 7) is 5.88. The molecule has 0 spiro atoms. The van der Waals surface area contributed by atoms with Gasteiger partial charge in [-0.15, -0.1) is 11.3 Å². The van der Waals surface area contributed by atoms with Crippen LogP contribution in [0.15, 0.2) is 21.7 Å². The molecule has 1 aliphatic heterocycles. The molecule has 2 N–H and O–H groups in total. The first kappa shape index (κ1) is 21.8. The van der Waals surface area contributed by atoms with Gasteiger partial charge < -0.3 is 15.0 Å². The first-order chi connectivity index (χ1) is 12.8. The number of amides is 1. The van der Waals surface area contributed by atoms with Gasteiger partial charge in [-0.05, 0) is 17.4 Å². The maximum atomic E-state index is 12.5. The molecule has 27 heavy (non-hydrogen) atoms. The zero-order chi connectivity index (χ0) is 20.0. The summed E-state index contributed by atoms with van der Waals surface area (Å²) in [5, 5.41) is 4.51. The van der Waals surface area contributed by atoms with Crippen molar-refractivity contribution < 1.29 is 27.6 Å². The molecule has 0 aliphatic carbocycles. The van der Waals surface area contributed by atoms with Gasteiger partial charge in [0.2, 0.25) is 0 Å². The van der Waals surface area contributed by atoms with Crippen LogP contribution in [0, 0.1) is 5.92 Å². The summed E-state index contributed by atoms with van der Waals surface area (Å²) in [5.74, 6) is -0.695. The highest BCUT2D eigenvalue weighted by molar-refractivity contribution is 7.91. The molecule has 2 rings (SSSR count). The Hall–Kier alpha value is -1.49. The third kappa shape index (κ3) is 5.50. The number of carbonyl (C=O) groups excluding carboxylic acids is 2. The Morgan fingerprint density at radius 3 is 2.56 bits per heavy atom. The van der Waals surface area contributed by atoms with E-state index in [1.807, 2.05) is 13.8 Å². The molecule has 2 atom stereocenters. The Morgan fingerprint density at radius 2 is 2.04 bits per heavy atom. The molecule has 1 aliphatic rings. The van der Waals surface area contributed by atoms with Gasteiger partial charge >= 0.3 is 5.97 Å². The molecule has 1 aromatic rings. The first-order valence-corrected chi connectivity index (χ1v) is 11.4. The van der Waals surface area contributed by atoms with Gasteiger partial charge in [0, 0.05) is 0 Å². The third-order valence-electron chi connectivity index (χ3n) is 4.91. The molecule has 8 nitrogen and oxygen atoms in total. The molecule has 1 saturated heterocycles. The number of esters is 1. The number of thiophene rings is 1. The fourth-order valence-electron chi connectivity index (χ4n) is 3.00. The van der Waals surface area contributed by atoms with Crippen molar-refractivity contribution in [2.45, 2.75) is 30.5 Å². The van der Waals surface area contributed by atoms with Crippen LogP contribution in [-0.4, -0.2) is 70.5 Å². The van der Waals surface area contributed by atoms with E-state index >= 15 is 0 Å². The summed E-state index contributed by atoms with van der Waals surface area (Å²) in [7, 11) is -2.13. The largest absolute Gasteiger partial charge is 0.467 e. The van der Waals surface area contributed by atoms with E-state index < -0.39 is 22.0 Å². The predicted octanol–water partition coefficient (Wildman–Crippen LogP) is -0.659. The number of rotatable bonds is 8. The number of methoxy groups -OCH3 is 1. The molecule has 2 heterocycles. The van der Waals surface area contributed by atoms with Gasteiger partial charge in [0.05, 0.1) is 33.3 Å². The quantitative estimate of drug-likeness (QED) is 0.547. The highest BCUT2D eigenvalue weighted by Gasteiger charge is 2.33. The van der Waals surface area contributed by atoms with Gasteiger partial charge in [-0.2, -0.15) is 4.31 Å². The zero-order valence-electron chi connectivity index (χ0n) is 15.9. The standard InChI is InChI=1S/C17H27N3O5S2/c1-4-13(2)16(17(22)25-3)18-14(21)12-19-7-9-20(10-8-19)27(23,24)15-6-5-11-26-15/h5-6,11,13,16H,4,7-10,12H2,1-3H3,(H,18,21)/p+1/t13-,16+/m1/s1. The second kappa shape index (κ2) is 9.63. The van der Waals surface area contributed by atoms with Gasteiger partial charge in [0.15, 0.2) is 6.54 Å². The lowest BCUT2D eigenvalue weighted by Crippen LogP contribution is -3.15. The van der Waals surface area contributed by atoms with Gasteiger partial charge in [-0.3, -0.25) is 4.79 Å². The summed E-state index contributed by atoms with van der Waals surface area (Å²) >= 11 is 1.21. The number of ether oxygens (including phenoxy) is 1. The minimum Gasteiger partial charge on any atom is -0.467 e. The van der Waals surface area contributed by atoms with Crippen LogP contribution < -0.4 is 10.2 Å². The number of nitrogens with one attached hydrogen (secondary N) is 2. The zero-order valence-corrected chi connectivity index (χ0v) is 17.6. The van der Waals surface area contributed by atoms with E-state index in [0.29, 0.717) is 30.4 Å². The van der Waals surface area contributed by atoms with Crippen LogP contribution in [0.3, 0.4) is 0 Å². The van der Waals surface area contributed by atoms with Gasteiger partial charge in [0.1, 0.15) is 10.3 Å². The van der Waals surface area contributed by atoms with E-state index in [1.54, 1.807) is 17.5 Å². The average Bonchev–Trinajstić information content (AvgIpc) is 3.21. The van der Waals surface area contributed by atoms with Crippen LogP contribution in [0.4, 0.5) is 0 Å². The van der Waals surface area contributed by atoms with Gasteiger partial charge in [0.25, 0.3) is 15.9 Å². The van der Waals surface area contributed by atoms with Crippen LogP contribution in [0.1, 0.15) is 20.3 Å². The molecule has 0 radical (unpaired) electrons. The monoisotopic (exact) mass is 418 g/mol. The van der Waals surface area contributed by atoms with Crippen LogP contribution in [0.25, 0.3) is 0 Å². The second-order valence-corrected chi connectivity index (χ2v) is 9.83. The van der Waals surface area contributed by atoms with Crippen molar-refractivity contribution >= 4 is 33.2 Å². The number of hydrogen-bond acceptors (Lipinski definition) is 6. The Kier molecular flexibility index (Phi) is 7.78. The average molecular weight is 419 g/mol. The Balaban J connectivity index is 1.87. The van der Waals surface area contributed by atoms with Crippen molar-refractivity contribution in [2.75, 3.05) is 39.8 Å². The van der Waals surface area contributed by atoms with E-state index in [1.165, 1.54) is 22.8 Å². The number of sulfonamides is 1. The van der Waals surface area contributed by atoms with Crippen LogP contribution in [0.5, 0.6) is 0 Å². The lowest BCUT2D eigenvalue weighted by molar-refractivity contribution is -0.895. The molecule has 152 valence electrons. The Morgan fingerprint density at radius 1 is 1.37 bits per heavy atom. The molecular weight excluding hydrogens is 390 g/mol. The molecule has 10 heteroatoms. The summed E-state index contributed by atoms with van der Waals surface area (Å²) in [6.07, 6.45) is 0.742.